The number of rotatable bonds is 6. The first-order valence-corrected chi connectivity index (χ1v) is 14.3. The van der Waals surface area contributed by atoms with E-state index in [1.807, 2.05) is 121 Å². The third-order valence-electron chi connectivity index (χ3n) is 7.93. The third kappa shape index (κ3) is 4.73. The highest BCUT2D eigenvalue weighted by molar-refractivity contribution is 6.30. The molecule has 0 aromatic heterocycles. The van der Waals surface area contributed by atoms with Crippen LogP contribution in [-0.4, -0.2) is 33.8 Å². The molecule has 0 aliphatic carbocycles. The van der Waals surface area contributed by atoms with Crippen LogP contribution < -0.4 is 0 Å². The van der Waals surface area contributed by atoms with Gasteiger partial charge in [-0.1, -0.05) is 142 Å². The number of amides is 2. The molecule has 0 spiro atoms. The number of aliphatic carboxylic acids is 1. The van der Waals surface area contributed by atoms with Crippen LogP contribution in [0.4, 0.5) is 0 Å². The molecule has 0 radical (unpaired) electrons. The van der Waals surface area contributed by atoms with Crippen LogP contribution in [0.15, 0.2) is 121 Å². The monoisotopic (exact) mass is 565 g/mol. The van der Waals surface area contributed by atoms with E-state index in [0.717, 1.165) is 38.3 Å². The lowest BCUT2D eigenvalue weighted by Crippen LogP contribution is -2.52. The van der Waals surface area contributed by atoms with Gasteiger partial charge in [0.25, 0.3) is 11.8 Å². The first kappa shape index (κ1) is 27.9. The number of hydrogen-bond donors (Lipinski definition) is 1. The fourth-order valence-electron chi connectivity index (χ4n) is 6.19. The van der Waals surface area contributed by atoms with Crippen molar-refractivity contribution in [1.29, 1.82) is 0 Å². The Hall–Kier alpha value is -5.29. The molecule has 0 bridgehead atoms. The second kappa shape index (κ2) is 10.8. The predicted molar refractivity (Wildman–Crippen MR) is 170 cm³/mol. The lowest BCUT2D eigenvalue weighted by atomic mass is 9.78. The van der Waals surface area contributed by atoms with Gasteiger partial charge in [-0.3, -0.25) is 14.5 Å². The first-order valence-electron chi connectivity index (χ1n) is 14.3. The van der Waals surface area contributed by atoms with Gasteiger partial charge >= 0.3 is 5.97 Å². The molecule has 0 unspecified atom stereocenters. The van der Waals surface area contributed by atoms with E-state index in [1.54, 1.807) is 20.8 Å². The molecule has 1 aliphatic heterocycles. The summed E-state index contributed by atoms with van der Waals surface area (Å²) in [6.45, 7) is 5.20. The summed E-state index contributed by atoms with van der Waals surface area (Å²) in [6.07, 6.45) is 0. The topological polar surface area (TPSA) is 74.7 Å². The number of nitrogens with zero attached hydrogens (tertiary/aromatic N) is 1. The standard InChI is InChI=1S/C38H31NO4/c1-38(2,3)34(37(42)43)39-35(40)32-30(26-20-12-6-13-21-26)28(24-16-8-4-9-17-24)29(25-18-10-5-11-19-25)31(33(32)36(39)41)27-22-14-7-15-23-27/h4-23,34H,1-3H3,(H,42,43)/t34-/m0/s1. The predicted octanol–water partition coefficient (Wildman–Crippen LogP) is 8.45. The maximum atomic E-state index is 14.7. The molecule has 1 N–H and O–H groups in total. The Morgan fingerprint density at radius 3 is 1.00 bits per heavy atom. The second-order valence-corrected chi connectivity index (χ2v) is 11.8. The first-order chi connectivity index (χ1) is 20.7. The maximum Gasteiger partial charge on any atom is 0.327 e. The van der Waals surface area contributed by atoms with Crippen molar-refractivity contribution in [2.75, 3.05) is 0 Å². The van der Waals surface area contributed by atoms with Crippen molar-refractivity contribution in [2.24, 2.45) is 5.41 Å². The van der Waals surface area contributed by atoms with Crippen LogP contribution in [0.2, 0.25) is 0 Å². The number of carboxylic acids is 1. The molecular formula is C38H31NO4. The van der Waals surface area contributed by atoms with Crippen LogP contribution >= 0.6 is 0 Å². The molecule has 0 saturated heterocycles. The van der Waals surface area contributed by atoms with E-state index in [-0.39, 0.29) is 11.1 Å². The summed E-state index contributed by atoms with van der Waals surface area (Å²) in [6, 6.07) is 37.5. The smallest absolute Gasteiger partial charge is 0.327 e. The van der Waals surface area contributed by atoms with Crippen LogP contribution in [-0.2, 0) is 4.79 Å². The highest BCUT2D eigenvalue weighted by Gasteiger charge is 2.51. The average Bonchev–Trinajstić information content (AvgIpc) is 3.26. The molecule has 212 valence electrons. The number of imide groups is 1. The van der Waals surface area contributed by atoms with E-state index in [2.05, 4.69) is 0 Å². The van der Waals surface area contributed by atoms with E-state index >= 15 is 0 Å². The molecule has 5 heteroatoms. The Morgan fingerprint density at radius 2 is 0.767 bits per heavy atom. The van der Waals surface area contributed by atoms with E-state index in [0.29, 0.717) is 11.1 Å². The molecule has 1 heterocycles. The molecular weight excluding hydrogens is 534 g/mol. The molecule has 5 nitrogen and oxygen atoms in total. The van der Waals surface area contributed by atoms with Gasteiger partial charge < -0.3 is 5.11 Å². The number of carbonyl (C=O) groups excluding carboxylic acids is 2. The normalized spacial score (nSPS) is 13.6. The van der Waals surface area contributed by atoms with Crippen LogP contribution in [0, 0.1) is 5.41 Å². The molecule has 5 aromatic rings. The Kier molecular flexibility index (Phi) is 7.02. The molecule has 5 aromatic carbocycles. The Morgan fingerprint density at radius 1 is 0.512 bits per heavy atom. The van der Waals surface area contributed by atoms with Crippen LogP contribution in [0.25, 0.3) is 44.5 Å². The van der Waals surface area contributed by atoms with E-state index in [9.17, 15) is 19.5 Å². The van der Waals surface area contributed by atoms with Crippen molar-refractivity contribution in [1.82, 2.24) is 4.90 Å². The van der Waals surface area contributed by atoms with Crippen LogP contribution in [0.5, 0.6) is 0 Å². The highest BCUT2D eigenvalue weighted by Crippen LogP contribution is 2.52. The van der Waals surface area contributed by atoms with Gasteiger partial charge in [-0.05, 0) is 38.8 Å². The van der Waals surface area contributed by atoms with Gasteiger partial charge in [0.1, 0.15) is 6.04 Å². The molecule has 1 atom stereocenters. The largest absolute Gasteiger partial charge is 0.480 e. The van der Waals surface area contributed by atoms with Gasteiger partial charge in [0.15, 0.2) is 0 Å². The summed E-state index contributed by atoms with van der Waals surface area (Å²) < 4.78 is 0. The van der Waals surface area contributed by atoms with Crippen LogP contribution in [0.1, 0.15) is 41.5 Å². The molecule has 2 amide bonds. The van der Waals surface area contributed by atoms with Gasteiger partial charge in [0.2, 0.25) is 0 Å². The lowest BCUT2D eigenvalue weighted by Gasteiger charge is -2.33. The fourth-order valence-corrected chi connectivity index (χ4v) is 6.19. The lowest BCUT2D eigenvalue weighted by molar-refractivity contribution is -0.145. The van der Waals surface area contributed by atoms with E-state index in [1.165, 1.54) is 0 Å². The van der Waals surface area contributed by atoms with Crippen LogP contribution in [0.3, 0.4) is 0 Å². The molecule has 0 saturated carbocycles. The van der Waals surface area contributed by atoms with Gasteiger partial charge in [-0.2, -0.15) is 0 Å². The quantitative estimate of drug-likeness (QED) is 0.210. The zero-order valence-electron chi connectivity index (χ0n) is 24.2. The van der Waals surface area contributed by atoms with Crippen molar-refractivity contribution in [3.8, 4) is 44.5 Å². The minimum Gasteiger partial charge on any atom is -0.480 e. The van der Waals surface area contributed by atoms with Crippen molar-refractivity contribution in [2.45, 2.75) is 26.8 Å². The number of hydrogen-bond acceptors (Lipinski definition) is 3. The Balaban J connectivity index is 1.86. The van der Waals surface area contributed by atoms with Gasteiger partial charge in [0.05, 0.1) is 11.1 Å². The summed E-state index contributed by atoms with van der Waals surface area (Å²) in [5.41, 5.74) is 5.66. The van der Waals surface area contributed by atoms with Crippen molar-refractivity contribution in [3.05, 3.63) is 132 Å². The van der Waals surface area contributed by atoms with Crippen molar-refractivity contribution >= 4 is 17.8 Å². The molecule has 1 aliphatic rings. The number of carboxylic acid groups (broad SMARTS) is 1. The van der Waals surface area contributed by atoms with E-state index < -0.39 is 29.2 Å². The zero-order chi connectivity index (χ0) is 30.3. The summed E-state index contributed by atoms with van der Waals surface area (Å²) in [5, 5.41) is 10.4. The SMILES string of the molecule is CC(C)(C)[C@H](C(=O)O)N1C(=O)c2c(c(-c3ccccc3)c(-c3ccccc3)c(-c3ccccc3)c2-c2ccccc2)C1=O. The summed E-state index contributed by atoms with van der Waals surface area (Å²) in [5.74, 6) is -2.43. The zero-order valence-corrected chi connectivity index (χ0v) is 24.2. The summed E-state index contributed by atoms with van der Waals surface area (Å²) in [4.78, 5) is 43.0. The molecule has 6 rings (SSSR count). The second-order valence-electron chi connectivity index (χ2n) is 11.8. The van der Waals surface area contributed by atoms with Gasteiger partial charge in [-0.15, -0.1) is 0 Å². The van der Waals surface area contributed by atoms with Crippen molar-refractivity contribution in [3.63, 3.8) is 0 Å². The minimum atomic E-state index is -1.37. The number of carbonyl (C=O) groups is 3. The van der Waals surface area contributed by atoms with E-state index in [4.69, 9.17) is 0 Å². The number of benzene rings is 5. The third-order valence-corrected chi connectivity index (χ3v) is 7.93. The number of fused-ring (bicyclic) bond motifs is 1. The minimum absolute atomic E-state index is 0.226. The highest BCUT2D eigenvalue weighted by atomic mass is 16.4. The summed E-state index contributed by atoms with van der Waals surface area (Å²) >= 11 is 0. The van der Waals surface area contributed by atoms with Gasteiger partial charge in [0, 0.05) is 11.1 Å². The average molecular weight is 566 g/mol. The Labute approximate surface area is 251 Å². The maximum absolute atomic E-state index is 14.7. The summed E-state index contributed by atoms with van der Waals surface area (Å²) in [7, 11) is 0. The molecule has 0 fully saturated rings. The van der Waals surface area contributed by atoms with Crippen molar-refractivity contribution < 1.29 is 19.5 Å². The fraction of sp³-hybridized carbons (Fsp3) is 0.132. The Bertz CT molecular complexity index is 1720. The van der Waals surface area contributed by atoms with Gasteiger partial charge in [-0.25, -0.2) is 4.79 Å². The molecule has 43 heavy (non-hydrogen) atoms.